The van der Waals surface area contributed by atoms with E-state index in [-0.39, 0.29) is 6.61 Å². The number of benzene rings is 1. The van der Waals surface area contributed by atoms with Crippen LogP contribution in [0.5, 0.6) is 5.75 Å². The number of hydrogen-bond donors (Lipinski definition) is 2. The standard InChI is InChI=1S/C12H18N2O2/c1-16-12-7-9(13)6-11(8-12)14(4-5-15)10-2-3-10/h6-8,10,15H,2-5,13H2,1H3. The van der Waals surface area contributed by atoms with E-state index in [0.717, 1.165) is 11.4 Å². The smallest absolute Gasteiger partial charge is 0.122 e. The molecule has 4 heteroatoms. The molecule has 0 aromatic heterocycles. The predicted molar refractivity (Wildman–Crippen MR) is 64.9 cm³/mol. The summed E-state index contributed by atoms with van der Waals surface area (Å²) in [5.41, 5.74) is 7.55. The Morgan fingerprint density at radius 2 is 2.19 bits per heavy atom. The van der Waals surface area contributed by atoms with E-state index in [9.17, 15) is 0 Å². The van der Waals surface area contributed by atoms with Crippen LogP contribution in [0.25, 0.3) is 0 Å². The Kier molecular flexibility index (Phi) is 3.19. The van der Waals surface area contributed by atoms with Crippen LogP contribution >= 0.6 is 0 Å². The van der Waals surface area contributed by atoms with Crippen molar-refractivity contribution < 1.29 is 9.84 Å². The van der Waals surface area contributed by atoms with Gasteiger partial charge in [-0.25, -0.2) is 0 Å². The van der Waals surface area contributed by atoms with Crippen molar-refractivity contribution in [1.82, 2.24) is 0 Å². The number of rotatable bonds is 5. The summed E-state index contributed by atoms with van der Waals surface area (Å²) in [7, 11) is 1.63. The van der Waals surface area contributed by atoms with Gasteiger partial charge in [-0.3, -0.25) is 0 Å². The van der Waals surface area contributed by atoms with E-state index in [1.807, 2.05) is 12.1 Å². The minimum Gasteiger partial charge on any atom is -0.497 e. The lowest BCUT2D eigenvalue weighted by Gasteiger charge is -2.24. The fourth-order valence-electron chi connectivity index (χ4n) is 1.91. The molecule has 3 N–H and O–H groups in total. The van der Waals surface area contributed by atoms with Gasteiger partial charge in [-0.15, -0.1) is 0 Å². The molecule has 0 aliphatic heterocycles. The Labute approximate surface area is 95.6 Å². The SMILES string of the molecule is COc1cc(N)cc(N(CCO)C2CC2)c1. The molecule has 1 aliphatic carbocycles. The van der Waals surface area contributed by atoms with Gasteiger partial charge < -0.3 is 20.5 Å². The Morgan fingerprint density at radius 3 is 2.75 bits per heavy atom. The van der Waals surface area contributed by atoms with Crippen LogP contribution in [0.1, 0.15) is 12.8 Å². The summed E-state index contributed by atoms with van der Waals surface area (Å²) < 4.78 is 5.19. The third-order valence-corrected chi connectivity index (χ3v) is 2.81. The molecule has 0 atom stereocenters. The number of nitrogens with zero attached hydrogens (tertiary/aromatic N) is 1. The summed E-state index contributed by atoms with van der Waals surface area (Å²) >= 11 is 0. The molecule has 1 aromatic carbocycles. The fraction of sp³-hybridized carbons (Fsp3) is 0.500. The van der Waals surface area contributed by atoms with Crippen LogP contribution in [0, 0.1) is 0 Å². The summed E-state index contributed by atoms with van der Waals surface area (Å²) in [6.45, 7) is 0.810. The summed E-state index contributed by atoms with van der Waals surface area (Å²) in [5.74, 6) is 0.763. The lowest BCUT2D eigenvalue weighted by molar-refractivity contribution is 0.301. The zero-order valence-corrected chi connectivity index (χ0v) is 9.52. The van der Waals surface area contributed by atoms with Crippen molar-refractivity contribution in [1.29, 1.82) is 0 Å². The molecule has 1 aliphatic rings. The van der Waals surface area contributed by atoms with Crippen LogP contribution in [0.2, 0.25) is 0 Å². The van der Waals surface area contributed by atoms with Crippen LogP contribution in [-0.4, -0.2) is 31.4 Å². The van der Waals surface area contributed by atoms with E-state index in [0.29, 0.717) is 18.3 Å². The topological polar surface area (TPSA) is 58.7 Å². The quantitative estimate of drug-likeness (QED) is 0.736. The molecule has 1 fully saturated rings. The Balaban J connectivity index is 2.25. The zero-order chi connectivity index (χ0) is 11.5. The minimum atomic E-state index is 0.160. The molecular weight excluding hydrogens is 204 g/mol. The number of nitrogen functional groups attached to an aromatic ring is 1. The normalized spacial score (nSPS) is 14.9. The summed E-state index contributed by atoms with van der Waals surface area (Å²) in [5, 5.41) is 9.07. The number of anilines is 2. The maximum absolute atomic E-state index is 9.07. The number of nitrogens with two attached hydrogens (primary N) is 1. The van der Waals surface area contributed by atoms with Gasteiger partial charge >= 0.3 is 0 Å². The third kappa shape index (κ3) is 2.39. The number of ether oxygens (including phenoxy) is 1. The molecule has 4 nitrogen and oxygen atoms in total. The van der Waals surface area contributed by atoms with Gasteiger partial charge in [0.2, 0.25) is 0 Å². The highest BCUT2D eigenvalue weighted by atomic mass is 16.5. The highest BCUT2D eigenvalue weighted by Crippen LogP contribution is 2.34. The second kappa shape index (κ2) is 4.61. The molecule has 88 valence electrons. The minimum absolute atomic E-state index is 0.160. The van der Waals surface area contributed by atoms with Crippen LogP contribution < -0.4 is 15.4 Å². The molecule has 0 bridgehead atoms. The molecular formula is C12H18N2O2. The highest BCUT2D eigenvalue weighted by molar-refractivity contribution is 5.61. The number of methoxy groups -OCH3 is 1. The third-order valence-electron chi connectivity index (χ3n) is 2.81. The number of aliphatic hydroxyl groups excluding tert-OH is 1. The monoisotopic (exact) mass is 222 g/mol. The maximum Gasteiger partial charge on any atom is 0.122 e. The van der Waals surface area contributed by atoms with Crippen molar-refractivity contribution in [3.8, 4) is 5.75 Å². The summed E-state index contributed by atoms with van der Waals surface area (Å²) in [6.07, 6.45) is 2.38. The van der Waals surface area contributed by atoms with Crippen LogP contribution in [0.4, 0.5) is 11.4 Å². The Hall–Kier alpha value is -1.42. The van der Waals surface area contributed by atoms with E-state index < -0.39 is 0 Å². The second-order valence-electron chi connectivity index (χ2n) is 4.11. The van der Waals surface area contributed by atoms with Gasteiger partial charge in [0.1, 0.15) is 5.75 Å². The van der Waals surface area contributed by atoms with Gasteiger partial charge in [-0.1, -0.05) is 0 Å². The predicted octanol–water partition coefficient (Wildman–Crippen LogP) is 1.24. The van der Waals surface area contributed by atoms with Crippen molar-refractivity contribution in [3.63, 3.8) is 0 Å². The van der Waals surface area contributed by atoms with Crippen LogP contribution in [0.15, 0.2) is 18.2 Å². The van der Waals surface area contributed by atoms with E-state index in [1.54, 1.807) is 13.2 Å². The second-order valence-corrected chi connectivity index (χ2v) is 4.11. The molecule has 2 rings (SSSR count). The van der Waals surface area contributed by atoms with Crippen molar-refractivity contribution in [2.24, 2.45) is 0 Å². The lowest BCUT2D eigenvalue weighted by atomic mass is 10.2. The van der Waals surface area contributed by atoms with Crippen molar-refractivity contribution in [3.05, 3.63) is 18.2 Å². The molecule has 1 saturated carbocycles. The van der Waals surface area contributed by atoms with E-state index in [1.165, 1.54) is 12.8 Å². The van der Waals surface area contributed by atoms with Gasteiger partial charge in [-0.2, -0.15) is 0 Å². The lowest BCUT2D eigenvalue weighted by Crippen LogP contribution is -2.28. The van der Waals surface area contributed by atoms with E-state index in [4.69, 9.17) is 15.6 Å². The van der Waals surface area contributed by atoms with Crippen LogP contribution in [-0.2, 0) is 0 Å². The van der Waals surface area contributed by atoms with Gasteiger partial charge in [0.05, 0.1) is 13.7 Å². The first kappa shape index (κ1) is 11.1. The zero-order valence-electron chi connectivity index (χ0n) is 9.52. The van der Waals surface area contributed by atoms with Gasteiger partial charge in [-0.05, 0) is 18.9 Å². The molecule has 1 aromatic rings. The largest absolute Gasteiger partial charge is 0.497 e. The number of aliphatic hydroxyl groups is 1. The van der Waals surface area contributed by atoms with Crippen molar-refractivity contribution in [2.75, 3.05) is 30.9 Å². The van der Waals surface area contributed by atoms with E-state index in [2.05, 4.69) is 4.90 Å². The van der Waals surface area contributed by atoms with Crippen molar-refractivity contribution in [2.45, 2.75) is 18.9 Å². The Morgan fingerprint density at radius 1 is 1.44 bits per heavy atom. The van der Waals surface area contributed by atoms with Gasteiger partial charge in [0.15, 0.2) is 0 Å². The van der Waals surface area contributed by atoms with E-state index >= 15 is 0 Å². The van der Waals surface area contributed by atoms with Crippen LogP contribution in [0.3, 0.4) is 0 Å². The molecule has 0 amide bonds. The Bertz CT molecular complexity index is 364. The average molecular weight is 222 g/mol. The summed E-state index contributed by atoms with van der Waals surface area (Å²) in [4.78, 5) is 2.19. The molecule has 16 heavy (non-hydrogen) atoms. The first-order valence-electron chi connectivity index (χ1n) is 5.56. The first-order chi connectivity index (χ1) is 7.74. The highest BCUT2D eigenvalue weighted by Gasteiger charge is 2.29. The van der Waals surface area contributed by atoms with Crippen molar-refractivity contribution >= 4 is 11.4 Å². The molecule has 0 saturated heterocycles. The average Bonchev–Trinajstić information content (AvgIpc) is 3.08. The molecule has 0 unspecified atom stereocenters. The van der Waals surface area contributed by atoms with Gasteiger partial charge in [0, 0.05) is 36.1 Å². The summed E-state index contributed by atoms with van der Waals surface area (Å²) in [6, 6.07) is 6.24. The molecule has 0 heterocycles. The molecule has 0 radical (unpaired) electrons. The first-order valence-corrected chi connectivity index (χ1v) is 5.56. The fourth-order valence-corrected chi connectivity index (χ4v) is 1.91. The van der Waals surface area contributed by atoms with Gasteiger partial charge in [0.25, 0.3) is 0 Å². The maximum atomic E-state index is 9.07. The molecule has 0 spiro atoms. The number of hydrogen-bond acceptors (Lipinski definition) is 4.